The molecule has 0 radical (unpaired) electrons. The number of rotatable bonds is 6. The van der Waals surface area contributed by atoms with Gasteiger partial charge in [0, 0.05) is 18.2 Å². The van der Waals surface area contributed by atoms with Crippen molar-refractivity contribution in [3.63, 3.8) is 0 Å². The highest BCUT2D eigenvalue weighted by molar-refractivity contribution is 5.20. The van der Waals surface area contributed by atoms with Gasteiger partial charge >= 0.3 is 0 Å². The average molecular weight is 292 g/mol. The summed E-state index contributed by atoms with van der Waals surface area (Å²) in [6.45, 7) is 15.4. The van der Waals surface area contributed by atoms with Gasteiger partial charge in [-0.3, -0.25) is 4.90 Å². The van der Waals surface area contributed by atoms with E-state index in [0.717, 1.165) is 36.4 Å². The smallest absolute Gasteiger partial charge is 0.118 e. The van der Waals surface area contributed by atoms with Crippen LogP contribution in [-0.4, -0.2) is 24.0 Å². The van der Waals surface area contributed by atoms with Gasteiger partial charge in [-0.15, -0.1) is 0 Å². The Hall–Kier alpha value is -0.800. The fraction of sp³-hybridized carbons (Fsp3) is 0.778. The summed E-state index contributed by atoms with van der Waals surface area (Å²) in [6.07, 6.45) is 2.66. The van der Waals surface area contributed by atoms with Gasteiger partial charge in [0.2, 0.25) is 0 Å². The number of hydrogen-bond donors (Lipinski definition) is 1. The molecular formula is C18H32N2O. The van der Waals surface area contributed by atoms with Crippen LogP contribution in [0.3, 0.4) is 0 Å². The summed E-state index contributed by atoms with van der Waals surface area (Å²) in [6, 6.07) is 2.75. The normalized spacial score (nSPS) is 18.0. The van der Waals surface area contributed by atoms with E-state index in [9.17, 15) is 0 Å². The highest BCUT2D eigenvalue weighted by atomic mass is 16.3. The van der Waals surface area contributed by atoms with Gasteiger partial charge in [-0.1, -0.05) is 27.7 Å². The Bertz CT molecular complexity index is 428. The Morgan fingerprint density at radius 3 is 2.48 bits per heavy atom. The lowest BCUT2D eigenvalue weighted by molar-refractivity contribution is 0.143. The molecule has 120 valence electrons. The van der Waals surface area contributed by atoms with Gasteiger partial charge in [0.15, 0.2) is 0 Å². The summed E-state index contributed by atoms with van der Waals surface area (Å²) < 4.78 is 5.94. The monoisotopic (exact) mass is 292 g/mol. The maximum atomic E-state index is 5.94. The molecule has 0 amide bonds. The van der Waals surface area contributed by atoms with Gasteiger partial charge in [0.25, 0.3) is 0 Å². The minimum Gasteiger partial charge on any atom is -0.465 e. The Kier molecular flexibility index (Phi) is 5.88. The van der Waals surface area contributed by atoms with E-state index in [0.29, 0.717) is 6.04 Å². The van der Waals surface area contributed by atoms with Crippen molar-refractivity contribution in [2.75, 3.05) is 13.1 Å². The quantitative estimate of drug-likeness (QED) is 0.860. The maximum Gasteiger partial charge on any atom is 0.118 e. The van der Waals surface area contributed by atoms with Crippen molar-refractivity contribution in [1.82, 2.24) is 10.2 Å². The van der Waals surface area contributed by atoms with Crippen LogP contribution < -0.4 is 5.32 Å². The highest BCUT2D eigenvalue weighted by Crippen LogP contribution is 2.26. The van der Waals surface area contributed by atoms with Gasteiger partial charge in [-0.05, 0) is 50.8 Å². The van der Waals surface area contributed by atoms with Gasteiger partial charge < -0.3 is 9.73 Å². The third-order valence-electron chi connectivity index (χ3n) is 4.73. The zero-order valence-electron chi connectivity index (χ0n) is 14.4. The number of furan rings is 1. The second-order valence-electron chi connectivity index (χ2n) is 7.19. The molecule has 0 spiro atoms. The van der Waals surface area contributed by atoms with Crippen LogP contribution >= 0.6 is 0 Å². The lowest BCUT2D eigenvalue weighted by Gasteiger charge is -2.33. The summed E-state index contributed by atoms with van der Waals surface area (Å²) in [5, 5.41) is 3.46. The van der Waals surface area contributed by atoms with Gasteiger partial charge in [0.1, 0.15) is 11.5 Å². The first-order valence-electron chi connectivity index (χ1n) is 8.49. The highest BCUT2D eigenvalue weighted by Gasteiger charge is 2.22. The molecule has 1 aliphatic heterocycles. The molecule has 21 heavy (non-hydrogen) atoms. The van der Waals surface area contributed by atoms with Crippen molar-refractivity contribution in [3.8, 4) is 0 Å². The molecule has 1 saturated heterocycles. The van der Waals surface area contributed by atoms with Crippen molar-refractivity contribution in [1.29, 1.82) is 0 Å². The van der Waals surface area contributed by atoms with Gasteiger partial charge in [-0.25, -0.2) is 0 Å². The molecule has 0 aliphatic carbocycles. The molecule has 1 aliphatic rings. The molecule has 1 fully saturated rings. The van der Waals surface area contributed by atoms with Crippen LogP contribution in [0, 0.1) is 18.8 Å². The Balaban J connectivity index is 1.85. The first kappa shape index (κ1) is 16.6. The number of nitrogens with one attached hydrogen (secondary N) is 1. The second kappa shape index (κ2) is 7.46. The molecule has 0 saturated carbocycles. The Morgan fingerprint density at radius 1 is 1.24 bits per heavy atom. The molecule has 0 atom stereocenters. The fourth-order valence-electron chi connectivity index (χ4n) is 3.15. The number of nitrogens with zero attached hydrogens (tertiary/aromatic N) is 1. The van der Waals surface area contributed by atoms with Crippen LogP contribution in [-0.2, 0) is 13.1 Å². The van der Waals surface area contributed by atoms with E-state index in [-0.39, 0.29) is 0 Å². The van der Waals surface area contributed by atoms with Crippen LogP contribution in [0.5, 0.6) is 0 Å². The predicted octanol–water partition coefficient (Wildman–Crippen LogP) is 3.95. The third-order valence-corrected chi connectivity index (χ3v) is 4.73. The number of piperidine rings is 1. The molecule has 2 rings (SSSR count). The molecule has 0 unspecified atom stereocenters. The Morgan fingerprint density at radius 2 is 1.90 bits per heavy atom. The van der Waals surface area contributed by atoms with E-state index < -0.39 is 0 Å². The predicted molar refractivity (Wildman–Crippen MR) is 88.3 cm³/mol. The molecule has 1 N–H and O–H groups in total. The van der Waals surface area contributed by atoms with E-state index in [1.165, 1.54) is 31.5 Å². The molecule has 0 bridgehead atoms. The Labute approximate surface area is 130 Å². The minimum atomic E-state index is 0.512. The topological polar surface area (TPSA) is 28.4 Å². The summed E-state index contributed by atoms with van der Waals surface area (Å²) in [5.74, 6) is 3.92. The molecule has 1 aromatic rings. The van der Waals surface area contributed by atoms with Gasteiger partial charge in [-0.2, -0.15) is 0 Å². The average Bonchev–Trinajstić information content (AvgIpc) is 2.77. The van der Waals surface area contributed by atoms with Crippen LogP contribution in [0.25, 0.3) is 0 Å². The zero-order chi connectivity index (χ0) is 15.4. The molecular weight excluding hydrogens is 260 g/mol. The first-order valence-corrected chi connectivity index (χ1v) is 8.49. The maximum absolute atomic E-state index is 5.94. The lowest BCUT2D eigenvalue weighted by atomic mass is 9.87. The zero-order valence-corrected chi connectivity index (χ0v) is 14.4. The van der Waals surface area contributed by atoms with E-state index in [1.54, 1.807) is 0 Å². The molecule has 3 heteroatoms. The molecule has 0 aromatic carbocycles. The van der Waals surface area contributed by atoms with Crippen molar-refractivity contribution in [3.05, 3.63) is 23.2 Å². The summed E-state index contributed by atoms with van der Waals surface area (Å²) >= 11 is 0. The van der Waals surface area contributed by atoms with Crippen molar-refractivity contribution >= 4 is 0 Å². The lowest BCUT2D eigenvalue weighted by Crippen LogP contribution is -2.34. The third kappa shape index (κ3) is 4.86. The number of likely N-dealkylation sites (tertiary alicyclic amines) is 1. The van der Waals surface area contributed by atoms with E-state index >= 15 is 0 Å². The van der Waals surface area contributed by atoms with Gasteiger partial charge in [0.05, 0.1) is 6.54 Å². The largest absolute Gasteiger partial charge is 0.465 e. The van der Waals surface area contributed by atoms with Crippen LogP contribution in [0.1, 0.15) is 57.6 Å². The van der Waals surface area contributed by atoms with E-state index in [4.69, 9.17) is 4.42 Å². The van der Waals surface area contributed by atoms with E-state index in [2.05, 4.69) is 50.9 Å². The SMILES string of the molecule is Cc1oc(CN2CCC(C(C)C)CC2)cc1CNC(C)C. The summed E-state index contributed by atoms with van der Waals surface area (Å²) in [4.78, 5) is 2.54. The second-order valence-corrected chi connectivity index (χ2v) is 7.19. The first-order chi connectivity index (χ1) is 9.95. The van der Waals surface area contributed by atoms with Crippen LogP contribution in [0.4, 0.5) is 0 Å². The summed E-state index contributed by atoms with van der Waals surface area (Å²) in [7, 11) is 0. The number of aryl methyl sites for hydroxylation is 1. The molecule has 3 nitrogen and oxygen atoms in total. The molecule has 2 heterocycles. The van der Waals surface area contributed by atoms with Crippen LogP contribution in [0.2, 0.25) is 0 Å². The standard InChI is InChI=1S/C18H32N2O/c1-13(2)16-6-8-20(9-7-16)12-18-10-17(15(5)21-18)11-19-14(3)4/h10,13-14,16,19H,6-9,11-12H2,1-5H3. The minimum absolute atomic E-state index is 0.512. The summed E-state index contributed by atoms with van der Waals surface area (Å²) in [5.41, 5.74) is 1.30. The van der Waals surface area contributed by atoms with Crippen molar-refractivity contribution < 1.29 is 4.42 Å². The molecule has 1 aromatic heterocycles. The number of hydrogen-bond acceptors (Lipinski definition) is 3. The van der Waals surface area contributed by atoms with Crippen LogP contribution in [0.15, 0.2) is 10.5 Å². The van der Waals surface area contributed by atoms with E-state index in [1.807, 2.05) is 0 Å². The van der Waals surface area contributed by atoms with Crippen molar-refractivity contribution in [2.24, 2.45) is 11.8 Å². The van der Waals surface area contributed by atoms with Crippen molar-refractivity contribution in [2.45, 2.75) is 66.6 Å². The fourth-order valence-corrected chi connectivity index (χ4v) is 3.15.